The number of hydrogen-bond acceptors (Lipinski definition) is 6. The van der Waals surface area contributed by atoms with Crippen LogP contribution in [0.3, 0.4) is 0 Å². The van der Waals surface area contributed by atoms with Crippen LogP contribution in [0.15, 0.2) is 12.2 Å². The standard InChI is InChI=1S/C11H13F3O5S/c1-6(11(12,13)14)9(15)18-7(2)10(16)19-8-5-20-4-3-17-8/h7-8H,1,3-5H2,2H3. The number of halogens is 3. The minimum Gasteiger partial charge on any atom is -0.447 e. The van der Waals surface area contributed by atoms with E-state index in [1.165, 1.54) is 11.8 Å². The van der Waals surface area contributed by atoms with Crippen molar-refractivity contribution < 1.29 is 37.0 Å². The molecule has 0 aliphatic carbocycles. The van der Waals surface area contributed by atoms with Crippen LogP contribution in [-0.2, 0) is 23.8 Å². The highest BCUT2D eigenvalue weighted by Crippen LogP contribution is 2.25. The molecule has 0 N–H and O–H groups in total. The van der Waals surface area contributed by atoms with Crippen molar-refractivity contribution in [2.45, 2.75) is 25.5 Å². The van der Waals surface area contributed by atoms with Gasteiger partial charge in [-0.2, -0.15) is 24.9 Å². The molecule has 1 rings (SSSR count). The van der Waals surface area contributed by atoms with Crippen LogP contribution in [-0.4, -0.2) is 48.6 Å². The first-order valence-electron chi connectivity index (χ1n) is 5.58. The van der Waals surface area contributed by atoms with Crippen molar-refractivity contribution in [3.05, 3.63) is 12.2 Å². The van der Waals surface area contributed by atoms with Gasteiger partial charge < -0.3 is 14.2 Å². The van der Waals surface area contributed by atoms with Gasteiger partial charge in [-0.15, -0.1) is 0 Å². The van der Waals surface area contributed by atoms with E-state index in [-0.39, 0.29) is 0 Å². The summed E-state index contributed by atoms with van der Waals surface area (Å²) in [6.07, 6.45) is -7.16. The lowest BCUT2D eigenvalue weighted by molar-refractivity contribution is -0.188. The van der Waals surface area contributed by atoms with Gasteiger partial charge in [-0.1, -0.05) is 6.58 Å². The lowest BCUT2D eigenvalue weighted by Gasteiger charge is -2.23. The Hall–Kier alpha value is -1.22. The van der Waals surface area contributed by atoms with Crippen molar-refractivity contribution in [1.29, 1.82) is 0 Å². The van der Waals surface area contributed by atoms with Gasteiger partial charge in [0.05, 0.1) is 12.4 Å². The van der Waals surface area contributed by atoms with Crippen LogP contribution in [0.5, 0.6) is 0 Å². The smallest absolute Gasteiger partial charge is 0.422 e. The van der Waals surface area contributed by atoms with Gasteiger partial charge in [0.1, 0.15) is 5.57 Å². The summed E-state index contributed by atoms with van der Waals surface area (Å²) in [6, 6.07) is 0. The number of carbonyl (C=O) groups is 2. The molecule has 1 fully saturated rings. The molecule has 0 amide bonds. The van der Waals surface area contributed by atoms with Crippen LogP contribution in [0.4, 0.5) is 13.2 Å². The Bertz CT molecular complexity index is 390. The average molecular weight is 314 g/mol. The Morgan fingerprint density at radius 2 is 2.10 bits per heavy atom. The summed E-state index contributed by atoms with van der Waals surface area (Å²) in [5, 5.41) is 0. The summed E-state index contributed by atoms with van der Waals surface area (Å²) >= 11 is 1.51. The molecular weight excluding hydrogens is 301 g/mol. The Morgan fingerprint density at radius 3 is 2.60 bits per heavy atom. The molecule has 1 heterocycles. The molecule has 114 valence electrons. The van der Waals surface area contributed by atoms with E-state index >= 15 is 0 Å². The van der Waals surface area contributed by atoms with Crippen LogP contribution < -0.4 is 0 Å². The van der Waals surface area contributed by atoms with Crippen molar-refractivity contribution in [3.63, 3.8) is 0 Å². The highest BCUT2D eigenvalue weighted by molar-refractivity contribution is 7.99. The molecule has 0 radical (unpaired) electrons. The Labute approximate surface area is 117 Å². The number of hydrogen-bond donors (Lipinski definition) is 0. The maximum atomic E-state index is 12.2. The van der Waals surface area contributed by atoms with E-state index in [1.807, 2.05) is 0 Å². The van der Waals surface area contributed by atoms with Crippen LogP contribution in [0.25, 0.3) is 0 Å². The summed E-state index contributed by atoms with van der Waals surface area (Å²) in [5.41, 5.74) is -1.68. The van der Waals surface area contributed by atoms with Crippen LogP contribution in [0.1, 0.15) is 6.92 Å². The number of alkyl halides is 3. The van der Waals surface area contributed by atoms with E-state index in [4.69, 9.17) is 9.47 Å². The van der Waals surface area contributed by atoms with Gasteiger partial charge in [0.25, 0.3) is 0 Å². The van der Waals surface area contributed by atoms with E-state index in [2.05, 4.69) is 11.3 Å². The Kier molecular flexibility index (Phi) is 5.88. The number of ether oxygens (including phenoxy) is 3. The fourth-order valence-corrected chi connectivity index (χ4v) is 1.89. The SMILES string of the molecule is C=C(C(=O)OC(C)C(=O)OC1CSCCO1)C(F)(F)F. The van der Waals surface area contributed by atoms with Crippen molar-refractivity contribution in [1.82, 2.24) is 0 Å². The quantitative estimate of drug-likeness (QED) is 0.581. The molecule has 1 aliphatic heterocycles. The zero-order chi connectivity index (χ0) is 15.3. The molecule has 0 aromatic carbocycles. The van der Waals surface area contributed by atoms with Crippen molar-refractivity contribution in [2.75, 3.05) is 18.1 Å². The van der Waals surface area contributed by atoms with Crippen molar-refractivity contribution in [3.8, 4) is 0 Å². The normalized spacial score (nSPS) is 20.9. The summed E-state index contributed by atoms with van der Waals surface area (Å²) in [7, 11) is 0. The number of carbonyl (C=O) groups excluding carboxylic acids is 2. The van der Waals surface area contributed by atoms with E-state index in [9.17, 15) is 22.8 Å². The molecule has 1 aliphatic rings. The van der Waals surface area contributed by atoms with Gasteiger partial charge in [-0.25, -0.2) is 9.59 Å². The first kappa shape index (κ1) is 16.8. The summed E-state index contributed by atoms with van der Waals surface area (Å²) < 4.78 is 50.9. The van der Waals surface area contributed by atoms with Gasteiger partial charge in [0.15, 0.2) is 6.10 Å². The van der Waals surface area contributed by atoms with Crippen LogP contribution in [0.2, 0.25) is 0 Å². The second kappa shape index (κ2) is 6.98. The lowest BCUT2D eigenvalue weighted by atomic mass is 10.3. The molecule has 5 nitrogen and oxygen atoms in total. The first-order chi connectivity index (χ1) is 9.21. The maximum absolute atomic E-state index is 12.2. The van der Waals surface area contributed by atoms with Gasteiger partial charge in [0, 0.05) is 5.75 Å². The highest BCUT2D eigenvalue weighted by Gasteiger charge is 2.39. The molecule has 20 heavy (non-hydrogen) atoms. The third kappa shape index (κ3) is 5.04. The zero-order valence-corrected chi connectivity index (χ0v) is 11.4. The largest absolute Gasteiger partial charge is 0.447 e. The maximum Gasteiger partial charge on any atom is 0.422 e. The van der Waals surface area contributed by atoms with E-state index < -0.39 is 36.1 Å². The molecule has 2 unspecified atom stereocenters. The minimum atomic E-state index is -4.90. The molecule has 9 heteroatoms. The molecule has 0 aromatic rings. The molecular formula is C11H13F3O5S. The molecule has 0 aromatic heterocycles. The molecule has 1 saturated heterocycles. The Balaban J connectivity index is 2.45. The van der Waals surface area contributed by atoms with Gasteiger partial charge >= 0.3 is 18.1 Å². The fourth-order valence-electron chi connectivity index (χ4n) is 1.16. The first-order valence-corrected chi connectivity index (χ1v) is 6.74. The third-order valence-corrected chi connectivity index (χ3v) is 3.20. The fraction of sp³-hybridized carbons (Fsp3) is 0.636. The summed E-state index contributed by atoms with van der Waals surface area (Å²) in [5.74, 6) is -1.49. The zero-order valence-electron chi connectivity index (χ0n) is 10.6. The summed E-state index contributed by atoms with van der Waals surface area (Å²) in [6.45, 7) is 4.09. The monoisotopic (exact) mass is 314 g/mol. The van der Waals surface area contributed by atoms with E-state index in [0.29, 0.717) is 12.4 Å². The predicted molar refractivity (Wildman–Crippen MR) is 63.9 cm³/mol. The summed E-state index contributed by atoms with van der Waals surface area (Å²) in [4.78, 5) is 22.6. The van der Waals surface area contributed by atoms with Crippen LogP contribution in [0, 0.1) is 0 Å². The second-order valence-corrected chi connectivity index (χ2v) is 4.99. The minimum absolute atomic E-state index is 0.404. The molecule has 0 spiro atoms. The van der Waals surface area contributed by atoms with Gasteiger partial charge in [0.2, 0.25) is 6.29 Å². The third-order valence-electron chi connectivity index (χ3n) is 2.24. The average Bonchev–Trinajstić information content (AvgIpc) is 2.37. The number of thioether (sulfide) groups is 1. The second-order valence-electron chi connectivity index (χ2n) is 3.84. The molecule has 0 saturated carbocycles. The van der Waals surface area contributed by atoms with Crippen molar-refractivity contribution in [2.24, 2.45) is 0 Å². The topological polar surface area (TPSA) is 61.8 Å². The molecule has 2 atom stereocenters. The van der Waals surface area contributed by atoms with Crippen molar-refractivity contribution >= 4 is 23.7 Å². The number of esters is 2. The lowest BCUT2D eigenvalue weighted by Crippen LogP contribution is -2.35. The van der Waals surface area contributed by atoms with Gasteiger partial charge in [-0.05, 0) is 6.92 Å². The highest BCUT2D eigenvalue weighted by atomic mass is 32.2. The van der Waals surface area contributed by atoms with E-state index in [1.54, 1.807) is 0 Å². The van der Waals surface area contributed by atoms with Gasteiger partial charge in [-0.3, -0.25) is 0 Å². The predicted octanol–water partition coefficient (Wildman–Crippen LogP) is 1.67. The van der Waals surface area contributed by atoms with Crippen LogP contribution >= 0.6 is 11.8 Å². The Morgan fingerprint density at radius 1 is 1.45 bits per heavy atom. The van der Waals surface area contributed by atoms with E-state index in [0.717, 1.165) is 12.7 Å². The molecule has 0 bridgehead atoms. The number of rotatable bonds is 4.